The number of benzene rings is 1. The molecule has 6 heteroatoms. The van der Waals surface area contributed by atoms with Crippen LogP contribution in [0.2, 0.25) is 0 Å². The molecule has 184 valence electrons. The van der Waals surface area contributed by atoms with Gasteiger partial charge in [-0.05, 0) is 101 Å². The zero-order chi connectivity index (χ0) is 23.6. The first-order chi connectivity index (χ1) is 17.0. The molecule has 1 amide bonds. The zero-order valence-electron chi connectivity index (χ0n) is 21.0. The van der Waals surface area contributed by atoms with E-state index >= 15 is 0 Å². The second-order valence-corrected chi connectivity index (χ2v) is 12.0. The van der Waals surface area contributed by atoms with Crippen LogP contribution in [0.5, 0.6) is 11.5 Å². The average Bonchev–Trinajstić information content (AvgIpc) is 3.47. The summed E-state index contributed by atoms with van der Waals surface area (Å²) in [6.45, 7) is 3.25. The van der Waals surface area contributed by atoms with Gasteiger partial charge in [-0.1, -0.05) is 6.07 Å². The molecule has 2 aliphatic carbocycles. The number of methoxy groups -OCH3 is 1. The number of aromatic amines is 1. The lowest BCUT2D eigenvalue weighted by Gasteiger charge is -2.57. The molecule has 4 bridgehead atoms. The van der Waals surface area contributed by atoms with Crippen LogP contribution in [0.4, 0.5) is 0 Å². The summed E-state index contributed by atoms with van der Waals surface area (Å²) in [5.74, 6) is 2.50. The molecule has 0 saturated carbocycles. The molecule has 4 aliphatic heterocycles. The molecule has 1 aromatic carbocycles. The summed E-state index contributed by atoms with van der Waals surface area (Å²) >= 11 is 0. The molecular weight excluding hydrogens is 438 g/mol. The van der Waals surface area contributed by atoms with Gasteiger partial charge in [0.15, 0.2) is 11.5 Å². The van der Waals surface area contributed by atoms with Gasteiger partial charge in [0.1, 0.15) is 11.8 Å². The standard InChI is InChI=1S/C29H35N3O3/c1-15-19-14-20-21-13-16-7-10-22(34-3)26-23(16)29(20,11-12-31(21)2)27(35-26)25(19)30-24(15)28(33)32-17-5-4-6-18(32)9-8-17/h7,10,17-18,20-21,27,30H,4-6,8-9,11-14H2,1-3H3/t17?,18?,20-,21-,27-,29?/m0/s1. The van der Waals surface area contributed by atoms with Crippen molar-refractivity contribution in [1.82, 2.24) is 14.8 Å². The molecule has 5 heterocycles. The number of likely N-dealkylation sites (N-methyl/N-ethyl adjacent to an activating group) is 1. The largest absolute Gasteiger partial charge is 0.493 e. The minimum Gasteiger partial charge on any atom is -0.493 e. The van der Waals surface area contributed by atoms with Crippen molar-refractivity contribution >= 4 is 5.91 Å². The maximum absolute atomic E-state index is 14.0. The lowest BCUT2D eigenvalue weighted by molar-refractivity contribution is -0.0256. The van der Waals surface area contributed by atoms with E-state index in [-0.39, 0.29) is 17.4 Å². The quantitative estimate of drug-likeness (QED) is 0.707. The zero-order valence-corrected chi connectivity index (χ0v) is 21.0. The minimum atomic E-state index is -0.0730. The Morgan fingerprint density at radius 1 is 1.17 bits per heavy atom. The summed E-state index contributed by atoms with van der Waals surface area (Å²) in [4.78, 5) is 22.5. The fourth-order valence-electron chi connectivity index (χ4n) is 9.23. The van der Waals surface area contributed by atoms with E-state index in [0.717, 1.165) is 67.1 Å². The fourth-order valence-corrected chi connectivity index (χ4v) is 9.23. The Bertz CT molecular complexity index is 1250. The van der Waals surface area contributed by atoms with Crippen LogP contribution in [0.15, 0.2) is 12.1 Å². The molecule has 1 N–H and O–H groups in total. The van der Waals surface area contributed by atoms with Gasteiger partial charge < -0.3 is 24.3 Å². The average molecular weight is 474 g/mol. The summed E-state index contributed by atoms with van der Waals surface area (Å²) < 4.78 is 12.7. The summed E-state index contributed by atoms with van der Waals surface area (Å²) in [6.07, 6.45) is 9.00. The van der Waals surface area contributed by atoms with Gasteiger partial charge in [0.25, 0.3) is 5.91 Å². The van der Waals surface area contributed by atoms with Gasteiger partial charge in [-0.3, -0.25) is 4.79 Å². The van der Waals surface area contributed by atoms with Crippen molar-refractivity contribution in [3.8, 4) is 11.5 Å². The maximum atomic E-state index is 14.0. The van der Waals surface area contributed by atoms with Gasteiger partial charge >= 0.3 is 0 Å². The van der Waals surface area contributed by atoms with Crippen LogP contribution >= 0.6 is 0 Å². The summed E-state index contributed by atoms with van der Waals surface area (Å²) in [5, 5.41) is 0. The number of nitrogens with zero attached hydrogens (tertiary/aromatic N) is 2. The molecule has 35 heavy (non-hydrogen) atoms. The van der Waals surface area contributed by atoms with Gasteiger partial charge in [-0.2, -0.15) is 0 Å². The van der Waals surface area contributed by atoms with Crippen molar-refractivity contribution in [1.29, 1.82) is 0 Å². The molecule has 6 nitrogen and oxygen atoms in total. The molecule has 1 spiro atoms. The number of hydrogen-bond acceptors (Lipinski definition) is 4. The van der Waals surface area contributed by atoms with Crippen molar-refractivity contribution in [3.05, 3.63) is 45.8 Å². The number of H-pyrrole nitrogens is 1. The number of nitrogens with one attached hydrogen (secondary N) is 1. The smallest absolute Gasteiger partial charge is 0.271 e. The highest BCUT2D eigenvalue weighted by molar-refractivity contribution is 5.95. The second kappa shape index (κ2) is 6.84. The number of carbonyl (C=O) groups is 1. The van der Waals surface area contributed by atoms with E-state index in [1.165, 1.54) is 36.0 Å². The number of carbonyl (C=O) groups excluding carboxylic acids is 1. The summed E-state index contributed by atoms with van der Waals surface area (Å²) in [5.41, 5.74) is 7.24. The Kier molecular flexibility index (Phi) is 4.05. The van der Waals surface area contributed by atoms with Crippen molar-refractivity contribution in [2.45, 2.75) is 87.9 Å². The molecule has 0 radical (unpaired) electrons. The summed E-state index contributed by atoms with van der Waals surface area (Å²) in [6, 6.07) is 5.70. The van der Waals surface area contributed by atoms with Gasteiger partial charge in [0.2, 0.25) is 0 Å². The number of hydrogen-bond donors (Lipinski definition) is 1. The SMILES string of the molecule is COc1ccc2c3c1O[C@H]1c4[nH]c(C(=O)N5C6CCCC5CC6)c(C)c4C[C@H]4[C@H](C2)N(C)CCC314. The molecular formula is C29H35N3O3. The van der Waals surface area contributed by atoms with Crippen molar-refractivity contribution < 1.29 is 14.3 Å². The highest BCUT2D eigenvalue weighted by Crippen LogP contribution is 2.67. The third-order valence-corrected chi connectivity index (χ3v) is 10.8. The molecule has 3 fully saturated rings. The lowest BCUT2D eigenvalue weighted by Crippen LogP contribution is -2.62. The number of aromatic nitrogens is 1. The van der Waals surface area contributed by atoms with Crippen LogP contribution in [0.25, 0.3) is 0 Å². The molecule has 3 saturated heterocycles. The van der Waals surface area contributed by atoms with Gasteiger partial charge in [0.05, 0.1) is 12.8 Å². The number of ether oxygens (including phenoxy) is 2. The first-order valence-electron chi connectivity index (χ1n) is 13.6. The Morgan fingerprint density at radius 2 is 1.97 bits per heavy atom. The minimum absolute atomic E-state index is 0.0383. The third-order valence-electron chi connectivity index (χ3n) is 10.8. The van der Waals surface area contributed by atoms with Crippen LogP contribution in [0.1, 0.15) is 83.1 Å². The van der Waals surface area contributed by atoms with Gasteiger partial charge in [0, 0.05) is 29.1 Å². The first-order valence-corrected chi connectivity index (χ1v) is 13.6. The predicted octanol–water partition coefficient (Wildman–Crippen LogP) is 4.29. The van der Waals surface area contributed by atoms with E-state index in [1.54, 1.807) is 7.11 Å². The molecule has 6 aliphatic rings. The predicted molar refractivity (Wildman–Crippen MR) is 132 cm³/mol. The fraction of sp³-hybridized carbons (Fsp3) is 0.621. The molecule has 3 unspecified atom stereocenters. The second-order valence-electron chi connectivity index (χ2n) is 12.0. The molecule has 1 aromatic heterocycles. The van der Waals surface area contributed by atoms with E-state index in [4.69, 9.17) is 9.47 Å². The number of rotatable bonds is 2. The number of amides is 1. The number of likely N-dealkylation sites (tertiary alicyclic amines) is 1. The third kappa shape index (κ3) is 2.38. The maximum Gasteiger partial charge on any atom is 0.271 e. The van der Waals surface area contributed by atoms with E-state index in [9.17, 15) is 4.79 Å². The summed E-state index contributed by atoms with van der Waals surface area (Å²) in [7, 11) is 4.03. The highest BCUT2D eigenvalue weighted by atomic mass is 16.5. The van der Waals surface area contributed by atoms with Crippen LogP contribution in [0.3, 0.4) is 0 Å². The Balaban J connectivity index is 1.29. The van der Waals surface area contributed by atoms with E-state index < -0.39 is 0 Å². The monoisotopic (exact) mass is 473 g/mol. The van der Waals surface area contributed by atoms with Crippen LogP contribution in [-0.4, -0.2) is 59.5 Å². The van der Waals surface area contributed by atoms with Crippen LogP contribution in [-0.2, 0) is 18.3 Å². The van der Waals surface area contributed by atoms with Crippen molar-refractivity contribution in [2.75, 3.05) is 20.7 Å². The lowest BCUT2D eigenvalue weighted by atomic mass is 9.51. The number of piperidine rings is 2. The Hall–Kier alpha value is -2.47. The molecule has 2 aromatic rings. The topological polar surface area (TPSA) is 57.8 Å². The van der Waals surface area contributed by atoms with E-state index in [0.29, 0.717) is 24.0 Å². The molecule has 8 rings (SSSR count). The Morgan fingerprint density at radius 3 is 2.74 bits per heavy atom. The van der Waals surface area contributed by atoms with E-state index in [2.05, 4.69) is 40.9 Å². The van der Waals surface area contributed by atoms with Crippen molar-refractivity contribution in [3.63, 3.8) is 0 Å². The Labute approximate surface area is 207 Å². The number of fused-ring (bicyclic) bond motifs is 4. The van der Waals surface area contributed by atoms with Crippen molar-refractivity contribution in [2.24, 2.45) is 5.92 Å². The van der Waals surface area contributed by atoms with Gasteiger partial charge in [-0.15, -0.1) is 0 Å². The van der Waals surface area contributed by atoms with Crippen LogP contribution in [0, 0.1) is 12.8 Å². The molecule has 6 atom stereocenters. The normalized spacial score (nSPS) is 36.0. The van der Waals surface area contributed by atoms with Gasteiger partial charge in [-0.25, -0.2) is 0 Å². The van der Waals surface area contributed by atoms with Crippen LogP contribution < -0.4 is 9.47 Å². The first kappa shape index (κ1) is 20.7. The van der Waals surface area contributed by atoms with E-state index in [1.807, 2.05) is 0 Å². The highest BCUT2D eigenvalue weighted by Gasteiger charge is 2.65.